The molecule has 0 bridgehead atoms. The molecule has 12 heavy (non-hydrogen) atoms. The van der Waals surface area contributed by atoms with Gasteiger partial charge >= 0.3 is 0 Å². The molecule has 1 atom stereocenters. The maximum Gasteiger partial charge on any atom is 0.0812 e. The van der Waals surface area contributed by atoms with Crippen LogP contribution in [0.25, 0.3) is 0 Å². The van der Waals surface area contributed by atoms with Gasteiger partial charge in [-0.1, -0.05) is 44.2 Å². The molecule has 0 radical (unpaired) electrons. The first-order valence-electron chi connectivity index (χ1n) is 3.95. The lowest BCUT2D eigenvalue weighted by Gasteiger charge is -2.13. The van der Waals surface area contributed by atoms with E-state index >= 15 is 0 Å². The summed E-state index contributed by atoms with van der Waals surface area (Å²) in [6.45, 7) is 4.02. The van der Waals surface area contributed by atoms with Gasteiger partial charge in [-0.2, -0.15) is 0 Å². The second-order valence-electron chi connectivity index (χ2n) is 3.10. The lowest BCUT2D eigenvalue weighted by molar-refractivity contribution is 0.127. The van der Waals surface area contributed by atoms with E-state index in [9.17, 15) is 5.11 Å². The first kappa shape index (κ1) is 11.1. The second kappa shape index (κ2) is 4.88. The molecule has 0 heterocycles. The van der Waals surface area contributed by atoms with E-state index in [1.807, 2.05) is 44.2 Å². The fraction of sp³-hybridized carbons (Fsp3) is 0.400. The number of hydrogen-bond acceptors (Lipinski definition) is 1. The highest BCUT2D eigenvalue weighted by molar-refractivity contribution is 5.17. The SMILES string of the molecule is CC(C)C(O)c1ccccc1.F. The Kier molecular flexibility index (Phi) is 4.52. The van der Waals surface area contributed by atoms with E-state index in [4.69, 9.17) is 0 Å². The summed E-state index contributed by atoms with van der Waals surface area (Å²) in [7, 11) is 0. The minimum absolute atomic E-state index is 0. The van der Waals surface area contributed by atoms with Gasteiger partial charge in [-0.25, -0.2) is 0 Å². The molecule has 1 unspecified atom stereocenters. The number of benzene rings is 1. The van der Waals surface area contributed by atoms with Gasteiger partial charge in [-0.3, -0.25) is 4.70 Å². The molecule has 1 aromatic carbocycles. The van der Waals surface area contributed by atoms with Crippen LogP contribution in [0.5, 0.6) is 0 Å². The van der Waals surface area contributed by atoms with Crippen molar-refractivity contribution in [2.45, 2.75) is 20.0 Å². The molecular formula is C10H15FO. The van der Waals surface area contributed by atoms with Gasteiger partial charge in [0.25, 0.3) is 0 Å². The summed E-state index contributed by atoms with van der Waals surface area (Å²) in [5, 5.41) is 9.60. The molecule has 0 aliphatic heterocycles. The van der Waals surface area contributed by atoms with Gasteiger partial charge in [-0.05, 0) is 11.5 Å². The van der Waals surface area contributed by atoms with Crippen molar-refractivity contribution in [3.63, 3.8) is 0 Å². The van der Waals surface area contributed by atoms with Crippen LogP contribution in [0.1, 0.15) is 25.5 Å². The van der Waals surface area contributed by atoms with E-state index in [1.165, 1.54) is 0 Å². The zero-order chi connectivity index (χ0) is 8.27. The van der Waals surface area contributed by atoms with E-state index < -0.39 is 0 Å². The average Bonchev–Trinajstić information content (AvgIpc) is 2.05. The molecule has 2 heteroatoms. The van der Waals surface area contributed by atoms with Crippen molar-refractivity contribution < 1.29 is 9.81 Å². The molecule has 0 amide bonds. The summed E-state index contributed by atoms with van der Waals surface area (Å²) in [4.78, 5) is 0. The van der Waals surface area contributed by atoms with Gasteiger partial charge in [0.05, 0.1) is 6.10 Å². The van der Waals surface area contributed by atoms with Crippen molar-refractivity contribution in [3.8, 4) is 0 Å². The second-order valence-corrected chi connectivity index (χ2v) is 3.10. The van der Waals surface area contributed by atoms with Gasteiger partial charge in [0.1, 0.15) is 0 Å². The Labute approximate surface area is 72.4 Å². The Morgan fingerprint density at radius 3 is 2.00 bits per heavy atom. The smallest absolute Gasteiger partial charge is 0.0812 e. The van der Waals surface area contributed by atoms with Gasteiger partial charge < -0.3 is 5.11 Å². The Bertz CT molecular complexity index is 208. The van der Waals surface area contributed by atoms with Crippen LogP contribution in [0.3, 0.4) is 0 Å². The molecule has 1 N–H and O–H groups in total. The third-order valence-electron chi connectivity index (χ3n) is 1.77. The molecule has 1 aromatic rings. The summed E-state index contributed by atoms with van der Waals surface area (Å²) >= 11 is 0. The quantitative estimate of drug-likeness (QED) is 0.723. The largest absolute Gasteiger partial charge is 0.388 e. The Morgan fingerprint density at radius 2 is 1.58 bits per heavy atom. The van der Waals surface area contributed by atoms with Crippen LogP contribution in [0.2, 0.25) is 0 Å². The molecule has 0 aromatic heterocycles. The summed E-state index contributed by atoms with van der Waals surface area (Å²) in [6, 6.07) is 9.74. The van der Waals surface area contributed by atoms with Crippen molar-refractivity contribution in [2.75, 3.05) is 0 Å². The third-order valence-corrected chi connectivity index (χ3v) is 1.77. The number of aliphatic hydroxyl groups is 1. The molecule has 1 nitrogen and oxygen atoms in total. The Balaban J connectivity index is 0.00000121. The molecule has 0 saturated heterocycles. The lowest BCUT2D eigenvalue weighted by atomic mass is 10.00. The first-order chi connectivity index (χ1) is 5.22. The predicted molar refractivity (Wildman–Crippen MR) is 48.7 cm³/mol. The van der Waals surface area contributed by atoms with Crippen LogP contribution >= 0.6 is 0 Å². The minimum Gasteiger partial charge on any atom is -0.388 e. The van der Waals surface area contributed by atoms with E-state index in [1.54, 1.807) is 0 Å². The van der Waals surface area contributed by atoms with Crippen LogP contribution in [0.4, 0.5) is 4.70 Å². The lowest BCUT2D eigenvalue weighted by Crippen LogP contribution is -2.04. The highest BCUT2D eigenvalue weighted by Gasteiger charge is 2.09. The zero-order valence-electron chi connectivity index (χ0n) is 7.40. The van der Waals surface area contributed by atoms with Gasteiger partial charge in [0.15, 0.2) is 0 Å². The van der Waals surface area contributed by atoms with Gasteiger partial charge in [0, 0.05) is 0 Å². The maximum absolute atomic E-state index is 9.60. The fourth-order valence-electron chi connectivity index (χ4n) is 1.04. The predicted octanol–water partition coefficient (Wildman–Crippen LogP) is 2.53. The topological polar surface area (TPSA) is 20.2 Å². The van der Waals surface area contributed by atoms with Crippen LogP contribution < -0.4 is 0 Å². The Hall–Kier alpha value is -0.890. The fourth-order valence-corrected chi connectivity index (χ4v) is 1.04. The standard InChI is InChI=1S/C10H14O.FH/c1-8(2)10(11)9-6-4-3-5-7-9;/h3-8,10-11H,1-2H3;1H. The molecule has 0 spiro atoms. The molecule has 1 rings (SSSR count). The summed E-state index contributed by atoms with van der Waals surface area (Å²) in [6.07, 6.45) is -0.323. The van der Waals surface area contributed by atoms with Crippen LogP contribution in [-0.4, -0.2) is 5.11 Å². The molecule has 0 aliphatic carbocycles. The van der Waals surface area contributed by atoms with Crippen molar-refractivity contribution in [1.82, 2.24) is 0 Å². The molecular weight excluding hydrogens is 155 g/mol. The van der Waals surface area contributed by atoms with Crippen molar-refractivity contribution >= 4 is 0 Å². The third kappa shape index (κ3) is 2.62. The molecule has 0 fully saturated rings. The molecule has 0 aliphatic rings. The summed E-state index contributed by atoms with van der Waals surface area (Å²) < 4.78 is 0. The number of halogens is 1. The van der Waals surface area contributed by atoms with E-state index in [0.29, 0.717) is 0 Å². The maximum atomic E-state index is 9.60. The normalized spacial score (nSPS) is 12.3. The van der Waals surface area contributed by atoms with Gasteiger partial charge in [0.2, 0.25) is 0 Å². The number of aliphatic hydroxyl groups excluding tert-OH is 1. The molecule has 68 valence electrons. The number of hydrogen-bond donors (Lipinski definition) is 1. The van der Waals surface area contributed by atoms with Crippen LogP contribution in [0.15, 0.2) is 30.3 Å². The first-order valence-corrected chi connectivity index (χ1v) is 3.95. The number of rotatable bonds is 2. The van der Waals surface area contributed by atoms with E-state index in [0.717, 1.165) is 5.56 Å². The monoisotopic (exact) mass is 170 g/mol. The van der Waals surface area contributed by atoms with Crippen molar-refractivity contribution in [1.29, 1.82) is 0 Å². The highest BCUT2D eigenvalue weighted by Crippen LogP contribution is 2.19. The average molecular weight is 170 g/mol. The minimum atomic E-state index is -0.323. The zero-order valence-corrected chi connectivity index (χ0v) is 7.40. The molecule has 0 saturated carbocycles. The summed E-state index contributed by atoms with van der Waals surface area (Å²) in [5.74, 6) is 0.289. The van der Waals surface area contributed by atoms with E-state index in [-0.39, 0.29) is 16.7 Å². The van der Waals surface area contributed by atoms with Crippen molar-refractivity contribution in [2.24, 2.45) is 5.92 Å². The van der Waals surface area contributed by atoms with Crippen LogP contribution in [0, 0.1) is 5.92 Å². The van der Waals surface area contributed by atoms with Crippen molar-refractivity contribution in [3.05, 3.63) is 35.9 Å². The highest BCUT2D eigenvalue weighted by atomic mass is 19.0. The van der Waals surface area contributed by atoms with Crippen LogP contribution in [-0.2, 0) is 0 Å². The van der Waals surface area contributed by atoms with E-state index in [2.05, 4.69) is 0 Å². The Morgan fingerprint density at radius 1 is 1.08 bits per heavy atom. The van der Waals surface area contributed by atoms with Gasteiger partial charge in [-0.15, -0.1) is 0 Å². The summed E-state index contributed by atoms with van der Waals surface area (Å²) in [5.41, 5.74) is 1.00.